The second kappa shape index (κ2) is 8.91. The van der Waals surface area contributed by atoms with Crippen LogP contribution >= 0.6 is 23.2 Å². The lowest BCUT2D eigenvalue weighted by Gasteiger charge is -2.06. The van der Waals surface area contributed by atoms with E-state index >= 15 is 0 Å². The third-order valence-electron chi connectivity index (χ3n) is 3.88. The summed E-state index contributed by atoms with van der Waals surface area (Å²) in [5.41, 5.74) is 0.874. The van der Waals surface area contributed by atoms with Crippen LogP contribution in [0.1, 0.15) is 23.0 Å². The topological polar surface area (TPSA) is 56.5 Å². The van der Waals surface area contributed by atoms with Crippen molar-refractivity contribution in [1.29, 1.82) is 0 Å². The summed E-state index contributed by atoms with van der Waals surface area (Å²) in [5, 5.41) is 0.986. The molecular weight excluding hydrogens is 399 g/mol. The van der Waals surface area contributed by atoms with Gasteiger partial charge in [-0.25, -0.2) is 4.79 Å². The number of hydrogen-bond donors (Lipinski definition) is 0. The number of benzene rings is 2. The van der Waals surface area contributed by atoms with Crippen molar-refractivity contribution in [3.05, 3.63) is 87.6 Å². The molecule has 3 aromatic rings. The van der Waals surface area contributed by atoms with Crippen molar-refractivity contribution in [2.24, 2.45) is 0 Å². The fraction of sp³-hybridized carbons (Fsp3) is 0.0909. The Balaban J connectivity index is 1.99. The highest BCUT2D eigenvalue weighted by Crippen LogP contribution is 2.32. The number of carbonyl (C=O) groups excluding carboxylic acids is 2. The highest BCUT2D eigenvalue weighted by molar-refractivity contribution is 6.35. The van der Waals surface area contributed by atoms with Gasteiger partial charge in [-0.3, -0.25) is 4.79 Å². The van der Waals surface area contributed by atoms with Gasteiger partial charge >= 0.3 is 5.97 Å². The Morgan fingerprint density at radius 3 is 2.50 bits per heavy atom. The molecule has 0 aliphatic carbocycles. The molecule has 0 bridgehead atoms. The van der Waals surface area contributed by atoms with Gasteiger partial charge in [0.05, 0.1) is 11.6 Å². The smallest absolute Gasteiger partial charge is 0.342 e. The third-order valence-corrected chi connectivity index (χ3v) is 4.45. The molecule has 28 heavy (non-hydrogen) atoms. The molecule has 0 atom stereocenters. The molecule has 0 aliphatic heterocycles. The summed E-state index contributed by atoms with van der Waals surface area (Å²) in [6.07, 6.45) is 1.37. The molecule has 0 N–H and O–H groups in total. The van der Waals surface area contributed by atoms with Crippen molar-refractivity contribution in [3.8, 4) is 11.3 Å². The van der Waals surface area contributed by atoms with Crippen LogP contribution < -0.4 is 0 Å². The molecule has 3 rings (SSSR count). The highest BCUT2D eigenvalue weighted by Gasteiger charge is 2.22. The maximum Gasteiger partial charge on any atom is 0.342 e. The predicted octanol–water partition coefficient (Wildman–Crippen LogP) is 6.08. The zero-order valence-electron chi connectivity index (χ0n) is 14.9. The van der Waals surface area contributed by atoms with E-state index in [-0.39, 0.29) is 12.2 Å². The molecule has 0 saturated carbocycles. The molecule has 0 aliphatic rings. The molecule has 4 nitrogen and oxygen atoms in total. The van der Waals surface area contributed by atoms with Crippen LogP contribution in [-0.2, 0) is 9.53 Å². The van der Waals surface area contributed by atoms with Crippen molar-refractivity contribution in [2.75, 3.05) is 6.61 Å². The lowest BCUT2D eigenvalue weighted by molar-refractivity contribution is -0.137. The third kappa shape index (κ3) is 4.53. The van der Waals surface area contributed by atoms with E-state index in [4.69, 9.17) is 32.4 Å². The molecule has 0 spiro atoms. The minimum atomic E-state index is -0.713. The number of carbonyl (C=O) groups is 2. The van der Waals surface area contributed by atoms with Crippen LogP contribution in [0.2, 0.25) is 10.0 Å². The number of rotatable bonds is 6. The van der Waals surface area contributed by atoms with Crippen LogP contribution in [0.25, 0.3) is 17.4 Å². The Morgan fingerprint density at radius 2 is 1.79 bits per heavy atom. The summed E-state index contributed by atoms with van der Waals surface area (Å²) in [6, 6.07) is 16.9. The van der Waals surface area contributed by atoms with Crippen LogP contribution in [0.3, 0.4) is 0 Å². The Morgan fingerprint density at radius 1 is 1.04 bits per heavy atom. The van der Waals surface area contributed by atoms with E-state index in [2.05, 4.69) is 0 Å². The fourth-order valence-corrected chi connectivity index (χ4v) is 2.96. The quantitative estimate of drug-likeness (QED) is 0.161. The number of hydrogen-bond acceptors (Lipinski definition) is 4. The van der Waals surface area contributed by atoms with Gasteiger partial charge in [-0.2, -0.15) is 0 Å². The Hall–Kier alpha value is -2.82. The second-order valence-corrected chi connectivity index (χ2v) is 6.64. The first-order valence-corrected chi connectivity index (χ1v) is 9.29. The zero-order chi connectivity index (χ0) is 20.1. The number of Topliss-reactive ketones (excluding diaryl/α,β-unsaturated/α-hetero) is 1. The van der Waals surface area contributed by atoms with Crippen molar-refractivity contribution in [1.82, 2.24) is 0 Å². The Labute approximate surface area is 172 Å². The average Bonchev–Trinajstić information content (AvgIpc) is 3.17. The molecule has 1 heterocycles. The van der Waals surface area contributed by atoms with Gasteiger partial charge in [-0.1, -0.05) is 53.5 Å². The van der Waals surface area contributed by atoms with E-state index in [1.807, 2.05) is 0 Å². The van der Waals surface area contributed by atoms with Gasteiger partial charge in [0.25, 0.3) is 0 Å². The van der Waals surface area contributed by atoms with Gasteiger partial charge in [0.15, 0.2) is 5.78 Å². The van der Waals surface area contributed by atoms with E-state index in [1.54, 1.807) is 67.6 Å². The summed E-state index contributed by atoms with van der Waals surface area (Å²) in [4.78, 5) is 25.1. The van der Waals surface area contributed by atoms with Gasteiger partial charge in [0.1, 0.15) is 17.1 Å². The molecule has 0 fully saturated rings. The van der Waals surface area contributed by atoms with E-state index in [1.165, 1.54) is 6.08 Å². The minimum Gasteiger partial charge on any atom is -0.462 e. The summed E-state index contributed by atoms with van der Waals surface area (Å²) < 4.78 is 10.8. The van der Waals surface area contributed by atoms with Crippen molar-refractivity contribution in [3.63, 3.8) is 0 Å². The monoisotopic (exact) mass is 414 g/mol. The molecule has 6 heteroatoms. The number of furan rings is 1. The Bertz CT molecular complexity index is 1040. The van der Waals surface area contributed by atoms with E-state index < -0.39 is 11.8 Å². The standard InChI is InChI=1S/C22H16Cl2O4/c1-2-27-22(26)18(21(25)14-6-4-3-5-7-14)13-16-9-11-20(28-16)17-12-15(23)8-10-19(17)24/h3-13H,2H2,1H3. The number of esters is 1. The first kappa shape index (κ1) is 19.9. The van der Waals surface area contributed by atoms with Crippen molar-refractivity contribution < 1.29 is 18.7 Å². The zero-order valence-corrected chi connectivity index (χ0v) is 16.5. The summed E-state index contributed by atoms with van der Waals surface area (Å²) in [6.45, 7) is 1.83. The SMILES string of the molecule is CCOC(=O)C(=Cc1ccc(-c2cc(Cl)ccc2Cl)o1)C(=O)c1ccccc1. The van der Waals surface area contributed by atoms with E-state index in [0.717, 1.165) is 0 Å². The normalized spacial score (nSPS) is 11.3. The maximum absolute atomic E-state index is 12.8. The van der Waals surface area contributed by atoms with Gasteiger partial charge in [0, 0.05) is 16.1 Å². The van der Waals surface area contributed by atoms with Crippen LogP contribution in [-0.4, -0.2) is 18.4 Å². The molecule has 0 amide bonds. The van der Waals surface area contributed by atoms with E-state index in [0.29, 0.717) is 32.7 Å². The number of ether oxygens (including phenoxy) is 1. The molecule has 0 saturated heterocycles. The second-order valence-electron chi connectivity index (χ2n) is 5.80. The molecule has 2 aromatic carbocycles. The highest BCUT2D eigenvalue weighted by atomic mass is 35.5. The molecule has 142 valence electrons. The molecule has 0 radical (unpaired) electrons. The van der Waals surface area contributed by atoms with Gasteiger partial charge in [0.2, 0.25) is 0 Å². The lowest BCUT2D eigenvalue weighted by atomic mass is 10.0. The molecule has 1 aromatic heterocycles. The van der Waals surface area contributed by atoms with E-state index in [9.17, 15) is 9.59 Å². The molecule has 0 unspecified atom stereocenters. The first-order chi connectivity index (χ1) is 13.5. The first-order valence-electron chi connectivity index (χ1n) is 8.53. The summed E-state index contributed by atoms with van der Waals surface area (Å²) in [5.74, 6) is -0.375. The van der Waals surface area contributed by atoms with Crippen molar-refractivity contribution >= 4 is 41.0 Å². The predicted molar refractivity (Wildman–Crippen MR) is 110 cm³/mol. The minimum absolute atomic E-state index is 0.119. The summed E-state index contributed by atoms with van der Waals surface area (Å²) >= 11 is 12.2. The summed E-state index contributed by atoms with van der Waals surface area (Å²) in [7, 11) is 0. The largest absolute Gasteiger partial charge is 0.462 e. The number of halogens is 2. The van der Waals surface area contributed by atoms with Crippen molar-refractivity contribution in [2.45, 2.75) is 6.92 Å². The van der Waals surface area contributed by atoms with Gasteiger partial charge in [-0.15, -0.1) is 0 Å². The van der Waals surface area contributed by atoms with Crippen LogP contribution in [0.5, 0.6) is 0 Å². The average molecular weight is 415 g/mol. The van der Waals surface area contributed by atoms with Crippen LogP contribution in [0.15, 0.2) is 70.7 Å². The maximum atomic E-state index is 12.8. The number of ketones is 1. The van der Waals surface area contributed by atoms with Crippen LogP contribution in [0.4, 0.5) is 0 Å². The lowest BCUT2D eigenvalue weighted by Crippen LogP contribution is -2.16. The van der Waals surface area contributed by atoms with Gasteiger partial charge in [-0.05, 0) is 43.3 Å². The molecular formula is C22H16Cl2O4. The van der Waals surface area contributed by atoms with Crippen LogP contribution in [0, 0.1) is 0 Å². The Kier molecular flexibility index (Phi) is 6.34. The fourth-order valence-electron chi connectivity index (χ4n) is 2.57. The van der Waals surface area contributed by atoms with Gasteiger partial charge < -0.3 is 9.15 Å².